The molecule has 0 amide bonds. The second-order valence-electron chi connectivity index (χ2n) is 9.13. The molecule has 0 bridgehead atoms. The first-order valence-corrected chi connectivity index (χ1v) is 11.9. The zero-order valence-corrected chi connectivity index (χ0v) is 20.0. The molecule has 34 heavy (non-hydrogen) atoms. The van der Waals surface area contributed by atoms with Gasteiger partial charge in [-0.2, -0.15) is 0 Å². The lowest BCUT2D eigenvalue weighted by molar-refractivity contribution is 0.745. The molecule has 1 heterocycles. The van der Waals surface area contributed by atoms with E-state index in [1.807, 2.05) is 0 Å². The summed E-state index contributed by atoms with van der Waals surface area (Å²) in [5.41, 5.74) is 9.53. The highest BCUT2D eigenvalue weighted by Crippen LogP contribution is 2.31. The molecule has 5 aromatic rings. The van der Waals surface area contributed by atoms with Gasteiger partial charge in [0, 0.05) is 11.3 Å². The average molecular weight is 443 g/mol. The molecule has 1 N–H and O–H groups in total. The summed E-state index contributed by atoms with van der Waals surface area (Å²) in [6.07, 6.45) is 0.861. The molecule has 5 rings (SSSR count). The van der Waals surface area contributed by atoms with E-state index in [2.05, 4.69) is 129 Å². The van der Waals surface area contributed by atoms with Crippen LogP contribution in [0.4, 0.5) is 5.69 Å². The summed E-state index contributed by atoms with van der Waals surface area (Å²) in [7, 11) is 0. The fraction of sp³-hybridized carbons (Fsp3) is 0.156. The Balaban J connectivity index is 1.58. The van der Waals surface area contributed by atoms with Crippen molar-refractivity contribution >= 4 is 16.5 Å². The minimum absolute atomic E-state index is 0.0532. The highest BCUT2D eigenvalue weighted by Gasteiger charge is 2.18. The summed E-state index contributed by atoms with van der Waals surface area (Å²) in [6.45, 7) is 6.52. The first-order chi connectivity index (χ1) is 16.6. The molecule has 0 fully saturated rings. The Kier molecular flexibility index (Phi) is 6.14. The smallest absolute Gasteiger partial charge is 0.0725 e. The van der Waals surface area contributed by atoms with Gasteiger partial charge in [-0.3, -0.25) is 4.98 Å². The minimum atomic E-state index is 0.0532. The Morgan fingerprint density at radius 2 is 1.38 bits per heavy atom. The fourth-order valence-corrected chi connectivity index (χ4v) is 4.91. The maximum atomic E-state index is 5.20. The van der Waals surface area contributed by atoms with Crippen molar-refractivity contribution in [3.8, 4) is 11.3 Å². The van der Waals surface area contributed by atoms with Crippen molar-refractivity contribution in [2.24, 2.45) is 0 Å². The van der Waals surface area contributed by atoms with Crippen LogP contribution in [0.1, 0.15) is 34.0 Å². The number of pyridine rings is 1. The molecule has 2 heteroatoms. The average Bonchev–Trinajstić information content (AvgIpc) is 2.86. The highest BCUT2D eigenvalue weighted by atomic mass is 15.0. The van der Waals surface area contributed by atoms with Crippen molar-refractivity contribution in [3.63, 3.8) is 0 Å². The third-order valence-corrected chi connectivity index (χ3v) is 6.47. The highest BCUT2D eigenvalue weighted by molar-refractivity contribution is 5.95. The predicted molar refractivity (Wildman–Crippen MR) is 144 cm³/mol. The van der Waals surface area contributed by atoms with E-state index in [0.717, 1.165) is 17.8 Å². The Bertz CT molecular complexity index is 1410. The van der Waals surface area contributed by atoms with Gasteiger partial charge < -0.3 is 5.32 Å². The van der Waals surface area contributed by atoms with Crippen LogP contribution in [-0.4, -0.2) is 4.98 Å². The van der Waals surface area contributed by atoms with Crippen LogP contribution in [0.15, 0.2) is 103 Å². The van der Waals surface area contributed by atoms with Crippen LogP contribution in [0, 0.1) is 20.8 Å². The van der Waals surface area contributed by atoms with Gasteiger partial charge in [-0.05, 0) is 66.8 Å². The van der Waals surface area contributed by atoms with Crippen LogP contribution in [-0.2, 0) is 6.42 Å². The molecule has 1 aromatic heterocycles. The second-order valence-corrected chi connectivity index (χ2v) is 9.13. The number of aromatic nitrogens is 1. The zero-order valence-electron chi connectivity index (χ0n) is 20.0. The van der Waals surface area contributed by atoms with E-state index < -0.39 is 0 Å². The molecule has 1 atom stereocenters. The fourth-order valence-electron chi connectivity index (χ4n) is 4.91. The lowest BCUT2D eigenvalue weighted by atomic mass is 9.98. The zero-order chi connectivity index (χ0) is 23.5. The van der Waals surface area contributed by atoms with Gasteiger partial charge in [0.15, 0.2) is 0 Å². The number of hydrogen-bond acceptors (Lipinski definition) is 2. The summed E-state index contributed by atoms with van der Waals surface area (Å²) in [6, 6.07) is 36.6. The van der Waals surface area contributed by atoms with Gasteiger partial charge in [-0.15, -0.1) is 0 Å². The Labute approximate surface area is 202 Å². The van der Waals surface area contributed by atoms with Crippen LogP contribution in [0.5, 0.6) is 0 Å². The van der Waals surface area contributed by atoms with Crippen LogP contribution < -0.4 is 5.32 Å². The number of fused-ring (bicyclic) bond motifs is 1. The molecule has 0 aliphatic heterocycles. The summed E-state index contributed by atoms with van der Waals surface area (Å²) in [5, 5.41) is 6.32. The quantitative estimate of drug-likeness (QED) is 0.286. The maximum Gasteiger partial charge on any atom is 0.0725 e. The van der Waals surface area contributed by atoms with Crippen LogP contribution in [0.3, 0.4) is 0 Å². The Morgan fingerprint density at radius 3 is 2.18 bits per heavy atom. The van der Waals surface area contributed by atoms with Crippen LogP contribution in [0.2, 0.25) is 0 Å². The maximum absolute atomic E-state index is 5.20. The van der Waals surface area contributed by atoms with Gasteiger partial charge in [0.1, 0.15) is 0 Å². The lowest BCUT2D eigenvalue weighted by Crippen LogP contribution is -2.17. The van der Waals surface area contributed by atoms with E-state index in [-0.39, 0.29) is 6.04 Å². The van der Waals surface area contributed by atoms with Gasteiger partial charge in [0.25, 0.3) is 0 Å². The second kappa shape index (κ2) is 9.52. The molecule has 0 aliphatic carbocycles. The summed E-state index contributed by atoms with van der Waals surface area (Å²) in [4.78, 5) is 5.20. The summed E-state index contributed by atoms with van der Waals surface area (Å²) < 4.78 is 0. The molecule has 0 radical (unpaired) electrons. The van der Waals surface area contributed by atoms with Crippen molar-refractivity contribution in [1.29, 1.82) is 0 Å². The van der Waals surface area contributed by atoms with Crippen molar-refractivity contribution in [3.05, 3.63) is 131 Å². The van der Waals surface area contributed by atoms with Gasteiger partial charge >= 0.3 is 0 Å². The number of benzene rings is 4. The van der Waals surface area contributed by atoms with Crippen molar-refractivity contribution in [2.75, 3.05) is 5.32 Å². The monoisotopic (exact) mass is 442 g/mol. The van der Waals surface area contributed by atoms with Crippen LogP contribution >= 0.6 is 0 Å². The number of hydrogen-bond donors (Lipinski definition) is 1. The first kappa shape index (κ1) is 21.9. The van der Waals surface area contributed by atoms with Gasteiger partial charge in [-0.1, -0.05) is 96.6 Å². The van der Waals surface area contributed by atoms with E-state index in [1.165, 1.54) is 44.3 Å². The van der Waals surface area contributed by atoms with E-state index in [0.29, 0.717) is 0 Å². The van der Waals surface area contributed by atoms with Gasteiger partial charge in [0.2, 0.25) is 0 Å². The molecule has 0 aliphatic rings. The molecule has 0 saturated heterocycles. The molecular weight excluding hydrogens is 412 g/mol. The minimum Gasteiger partial charge on any atom is -0.376 e. The molecule has 0 spiro atoms. The molecule has 168 valence electrons. The topological polar surface area (TPSA) is 24.9 Å². The van der Waals surface area contributed by atoms with Gasteiger partial charge in [0.05, 0.1) is 17.4 Å². The molecule has 2 nitrogen and oxygen atoms in total. The largest absolute Gasteiger partial charge is 0.376 e. The molecule has 0 saturated carbocycles. The number of nitrogens with zero attached hydrogens (tertiary/aromatic N) is 1. The first-order valence-electron chi connectivity index (χ1n) is 11.9. The number of nitrogens with one attached hydrogen (secondary N) is 1. The van der Waals surface area contributed by atoms with E-state index >= 15 is 0 Å². The van der Waals surface area contributed by atoms with E-state index in [4.69, 9.17) is 4.98 Å². The number of rotatable bonds is 6. The number of anilines is 1. The van der Waals surface area contributed by atoms with E-state index in [1.54, 1.807) is 0 Å². The predicted octanol–water partition coefficient (Wildman–Crippen LogP) is 8.22. The third-order valence-electron chi connectivity index (χ3n) is 6.47. The third kappa shape index (κ3) is 4.58. The summed E-state index contributed by atoms with van der Waals surface area (Å²) in [5.74, 6) is 0. The van der Waals surface area contributed by atoms with Crippen molar-refractivity contribution in [2.45, 2.75) is 33.2 Å². The van der Waals surface area contributed by atoms with Crippen molar-refractivity contribution in [1.82, 2.24) is 4.98 Å². The van der Waals surface area contributed by atoms with Crippen LogP contribution in [0.25, 0.3) is 22.0 Å². The normalized spacial score (nSPS) is 12.0. The van der Waals surface area contributed by atoms with Gasteiger partial charge in [-0.25, -0.2) is 0 Å². The molecule has 4 aromatic carbocycles. The number of aryl methyl sites for hydroxylation is 3. The molecular formula is C32H30N2. The lowest BCUT2D eigenvalue weighted by Gasteiger charge is -2.23. The Morgan fingerprint density at radius 1 is 0.706 bits per heavy atom. The Hall–Kier alpha value is -3.91. The SMILES string of the molecule is Cc1cc(C)c(NC(Cc2ccccc2)c2cccc(-c3cccc4ccccc34)n2)c(C)c1. The summed E-state index contributed by atoms with van der Waals surface area (Å²) >= 11 is 0. The standard InChI is InChI=1S/C32H30N2/c1-22-19-23(2)32(24(3)20-22)34-31(21-25-11-5-4-6-12-25)30-18-10-17-29(33-30)28-16-9-14-26-13-7-8-15-27(26)28/h4-20,31,34H,21H2,1-3H3. The van der Waals surface area contributed by atoms with E-state index in [9.17, 15) is 0 Å². The molecule has 1 unspecified atom stereocenters. The van der Waals surface area contributed by atoms with Crippen molar-refractivity contribution < 1.29 is 0 Å².